The fourth-order valence-corrected chi connectivity index (χ4v) is 1.87. The molecule has 0 aliphatic rings. The van der Waals surface area contributed by atoms with Gasteiger partial charge in [-0.1, -0.05) is 48.5 Å². The zero-order chi connectivity index (χ0) is 14.9. The average Bonchev–Trinajstić information content (AvgIpc) is 2.53. The molecule has 108 valence electrons. The van der Waals surface area contributed by atoms with Crippen LogP contribution in [0.1, 0.15) is 6.42 Å². The summed E-state index contributed by atoms with van der Waals surface area (Å²) in [4.78, 5) is 11.1. The van der Waals surface area contributed by atoms with Gasteiger partial charge in [0.2, 0.25) is 0 Å². The Hall–Kier alpha value is -2.55. The molecule has 0 heterocycles. The quantitative estimate of drug-likeness (QED) is 0.439. The predicted molar refractivity (Wildman–Crippen MR) is 83.1 cm³/mol. The lowest BCUT2D eigenvalue weighted by atomic mass is 10.1. The number of rotatable bonds is 7. The second-order valence-electron chi connectivity index (χ2n) is 4.45. The summed E-state index contributed by atoms with van der Waals surface area (Å²) < 4.78 is 10.5. The van der Waals surface area contributed by atoms with Crippen molar-refractivity contribution < 1.29 is 14.3 Å². The molecule has 0 aromatic heterocycles. The Bertz CT molecular complexity index is 573. The summed E-state index contributed by atoms with van der Waals surface area (Å²) in [7, 11) is 0. The van der Waals surface area contributed by atoms with Gasteiger partial charge in [0.25, 0.3) is 0 Å². The molecule has 0 aliphatic heterocycles. The lowest BCUT2D eigenvalue weighted by molar-refractivity contribution is -0.143. The minimum absolute atomic E-state index is 0.228. The van der Waals surface area contributed by atoms with Gasteiger partial charge in [-0.25, -0.2) is 0 Å². The van der Waals surface area contributed by atoms with Crippen molar-refractivity contribution in [3.05, 3.63) is 67.3 Å². The number of hydrogen-bond acceptors (Lipinski definition) is 3. The molecule has 0 fully saturated rings. The van der Waals surface area contributed by atoms with E-state index in [9.17, 15) is 4.79 Å². The number of carbonyl (C=O) groups is 1. The van der Waals surface area contributed by atoms with Crippen molar-refractivity contribution in [2.24, 2.45) is 0 Å². The van der Waals surface area contributed by atoms with Crippen LogP contribution in [0.5, 0.6) is 5.75 Å². The minimum atomic E-state index is -0.284. The van der Waals surface area contributed by atoms with Crippen molar-refractivity contribution in [2.45, 2.75) is 6.42 Å². The smallest absolute Gasteiger partial charge is 0.309 e. The molecule has 0 amide bonds. The van der Waals surface area contributed by atoms with Gasteiger partial charge in [0.05, 0.1) is 6.42 Å². The van der Waals surface area contributed by atoms with E-state index < -0.39 is 0 Å². The van der Waals surface area contributed by atoms with E-state index in [4.69, 9.17) is 9.47 Å². The SMILES string of the molecule is C=CCC(=O)OCCOc1ccc(-c2ccccc2)cc1. The highest BCUT2D eigenvalue weighted by Gasteiger charge is 2.00. The van der Waals surface area contributed by atoms with E-state index in [1.807, 2.05) is 42.5 Å². The van der Waals surface area contributed by atoms with Crippen molar-refractivity contribution in [1.82, 2.24) is 0 Å². The fraction of sp³-hybridized carbons (Fsp3) is 0.167. The van der Waals surface area contributed by atoms with Gasteiger partial charge in [-0.3, -0.25) is 4.79 Å². The molecule has 0 saturated carbocycles. The van der Waals surface area contributed by atoms with Gasteiger partial charge in [0.1, 0.15) is 19.0 Å². The molecule has 0 atom stereocenters. The molecule has 0 radical (unpaired) electrons. The Labute approximate surface area is 124 Å². The van der Waals surface area contributed by atoms with Crippen LogP contribution in [-0.2, 0) is 9.53 Å². The van der Waals surface area contributed by atoms with Gasteiger partial charge < -0.3 is 9.47 Å². The average molecular weight is 282 g/mol. The number of esters is 1. The number of hydrogen-bond donors (Lipinski definition) is 0. The highest BCUT2D eigenvalue weighted by molar-refractivity contribution is 5.70. The second-order valence-corrected chi connectivity index (χ2v) is 4.45. The number of benzene rings is 2. The fourth-order valence-electron chi connectivity index (χ4n) is 1.87. The Balaban J connectivity index is 1.80. The summed E-state index contributed by atoms with van der Waals surface area (Å²) in [6.45, 7) is 4.06. The summed E-state index contributed by atoms with van der Waals surface area (Å²) in [5, 5.41) is 0. The van der Waals surface area contributed by atoms with E-state index >= 15 is 0 Å². The van der Waals surface area contributed by atoms with Crippen LogP contribution in [0, 0.1) is 0 Å². The number of carbonyl (C=O) groups excluding carboxylic acids is 1. The lowest BCUT2D eigenvalue weighted by Gasteiger charge is -2.08. The maximum atomic E-state index is 11.1. The predicted octanol–water partition coefficient (Wildman–Crippen LogP) is 3.85. The Kier molecular flexibility index (Phi) is 5.59. The van der Waals surface area contributed by atoms with E-state index in [0.29, 0.717) is 6.61 Å². The first-order valence-electron chi connectivity index (χ1n) is 6.84. The van der Waals surface area contributed by atoms with Crippen molar-refractivity contribution in [3.63, 3.8) is 0 Å². The van der Waals surface area contributed by atoms with E-state index in [2.05, 4.69) is 18.7 Å². The van der Waals surface area contributed by atoms with Gasteiger partial charge in [0, 0.05) is 0 Å². The molecule has 0 saturated heterocycles. The molecule has 3 heteroatoms. The Morgan fingerprint density at radius 3 is 2.29 bits per heavy atom. The zero-order valence-corrected chi connectivity index (χ0v) is 11.8. The van der Waals surface area contributed by atoms with E-state index in [-0.39, 0.29) is 19.0 Å². The van der Waals surface area contributed by atoms with Gasteiger partial charge in [0.15, 0.2) is 0 Å². The molecule has 2 rings (SSSR count). The molecule has 21 heavy (non-hydrogen) atoms. The van der Waals surface area contributed by atoms with Crippen molar-refractivity contribution in [1.29, 1.82) is 0 Å². The molecule has 2 aromatic carbocycles. The standard InChI is InChI=1S/C18H18O3/c1-2-6-18(19)21-14-13-20-17-11-9-16(10-12-17)15-7-4-3-5-8-15/h2-5,7-12H,1,6,13-14H2. The van der Waals surface area contributed by atoms with Crippen molar-refractivity contribution in [3.8, 4) is 16.9 Å². The highest BCUT2D eigenvalue weighted by atomic mass is 16.6. The monoisotopic (exact) mass is 282 g/mol. The first-order valence-corrected chi connectivity index (χ1v) is 6.84. The van der Waals surface area contributed by atoms with Crippen molar-refractivity contribution in [2.75, 3.05) is 13.2 Å². The topological polar surface area (TPSA) is 35.5 Å². The summed E-state index contributed by atoms with van der Waals surface area (Å²) in [5.74, 6) is 0.475. The molecule has 0 unspecified atom stereocenters. The van der Waals surface area contributed by atoms with E-state index in [1.165, 1.54) is 11.6 Å². The molecular weight excluding hydrogens is 264 g/mol. The zero-order valence-electron chi connectivity index (χ0n) is 11.8. The number of ether oxygens (including phenoxy) is 2. The lowest BCUT2D eigenvalue weighted by Crippen LogP contribution is -2.11. The van der Waals surface area contributed by atoms with Crippen LogP contribution < -0.4 is 4.74 Å². The normalized spacial score (nSPS) is 9.90. The maximum absolute atomic E-state index is 11.1. The van der Waals surface area contributed by atoms with Gasteiger partial charge >= 0.3 is 5.97 Å². The van der Waals surface area contributed by atoms with Crippen LogP contribution in [-0.4, -0.2) is 19.2 Å². The molecule has 3 nitrogen and oxygen atoms in total. The van der Waals surface area contributed by atoms with Crippen LogP contribution in [0.2, 0.25) is 0 Å². The summed E-state index contributed by atoms with van der Waals surface area (Å²) in [6, 6.07) is 18.0. The third-order valence-corrected chi connectivity index (χ3v) is 2.89. The highest BCUT2D eigenvalue weighted by Crippen LogP contribution is 2.21. The summed E-state index contributed by atoms with van der Waals surface area (Å²) in [5.41, 5.74) is 2.31. The third-order valence-electron chi connectivity index (χ3n) is 2.89. The van der Waals surface area contributed by atoms with Crippen LogP contribution in [0.25, 0.3) is 11.1 Å². The van der Waals surface area contributed by atoms with Gasteiger partial charge in [-0.15, -0.1) is 6.58 Å². The van der Waals surface area contributed by atoms with E-state index in [0.717, 1.165) is 11.3 Å². The van der Waals surface area contributed by atoms with Crippen LogP contribution >= 0.6 is 0 Å². The minimum Gasteiger partial charge on any atom is -0.490 e. The van der Waals surface area contributed by atoms with Gasteiger partial charge in [-0.2, -0.15) is 0 Å². The van der Waals surface area contributed by atoms with Crippen molar-refractivity contribution >= 4 is 5.97 Å². The van der Waals surface area contributed by atoms with Gasteiger partial charge in [-0.05, 0) is 23.3 Å². The van der Waals surface area contributed by atoms with Crippen LogP contribution in [0.3, 0.4) is 0 Å². The van der Waals surface area contributed by atoms with E-state index in [1.54, 1.807) is 0 Å². The largest absolute Gasteiger partial charge is 0.490 e. The first-order chi connectivity index (χ1) is 10.3. The molecule has 0 N–H and O–H groups in total. The molecule has 0 bridgehead atoms. The molecule has 2 aromatic rings. The molecular formula is C18H18O3. The second kappa shape index (κ2) is 7.90. The maximum Gasteiger partial charge on any atom is 0.309 e. The third kappa shape index (κ3) is 4.80. The summed E-state index contributed by atoms with van der Waals surface area (Å²) >= 11 is 0. The van der Waals surface area contributed by atoms with Crippen LogP contribution in [0.4, 0.5) is 0 Å². The summed E-state index contributed by atoms with van der Waals surface area (Å²) in [6.07, 6.45) is 1.75. The Morgan fingerprint density at radius 2 is 1.62 bits per heavy atom. The molecule has 0 aliphatic carbocycles. The molecule has 0 spiro atoms. The Morgan fingerprint density at radius 1 is 0.952 bits per heavy atom. The first kappa shape index (κ1) is 14.9. The van der Waals surface area contributed by atoms with Crippen LogP contribution in [0.15, 0.2) is 67.3 Å².